The smallest absolute Gasteiger partial charge is 0.319 e. The molecule has 1 aromatic heterocycles. The standard InChI is InChI=1S/C21H23FN4O/c1-25(2)10-11-26(15-16-4-3-5-19(22)12-16)21(27)24-20-7-6-18-14-23-9-8-17(18)13-20/h3-9,12-14H,10-11,15H2,1-2H3,(H,24,27). The van der Waals surface area contributed by atoms with Gasteiger partial charge in [0.05, 0.1) is 0 Å². The van der Waals surface area contributed by atoms with Crippen molar-refractivity contribution in [3.8, 4) is 0 Å². The summed E-state index contributed by atoms with van der Waals surface area (Å²) in [7, 11) is 3.91. The molecule has 0 aliphatic carbocycles. The molecule has 27 heavy (non-hydrogen) atoms. The second kappa shape index (κ2) is 8.60. The molecule has 0 saturated carbocycles. The number of urea groups is 1. The van der Waals surface area contributed by atoms with Crippen LogP contribution in [-0.4, -0.2) is 48.0 Å². The van der Waals surface area contributed by atoms with Crippen molar-refractivity contribution in [3.63, 3.8) is 0 Å². The molecule has 6 heteroatoms. The fourth-order valence-electron chi connectivity index (χ4n) is 2.79. The molecule has 5 nitrogen and oxygen atoms in total. The Hall–Kier alpha value is -2.99. The zero-order chi connectivity index (χ0) is 19.2. The van der Waals surface area contributed by atoms with Crippen molar-refractivity contribution in [1.82, 2.24) is 14.8 Å². The van der Waals surface area contributed by atoms with Gasteiger partial charge in [-0.15, -0.1) is 0 Å². The van der Waals surface area contributed by atoms with Gasteiger partial charge in [0.1, 0.15) is 5.82 Å². The maximum absolute atomic E-state index is 13.5. The highest BCUT2D eigenvalue weighted by atomic mass is 19.1. The molecule has 0 unspecified atom stereocenters. The van der Waals surface area contributed by atoms with Crippen molar-refractivity contribution >= 4 is 22.5 Å². The van der Waals surface area contributed by atoms with E-state index in [4.69, 9.17) is 0 Å². The van der Waals surface area contributed by atoms with E-state index in [-0.39, 0.29) is 11.8 Å². The lowest BCUT2D eigenvalue weighted by Gasteiger charge is -2.25. The number of likely N-dealkylation sites (N-methyl/N-ethyl adjacent to an activating group) is 1. The Morgan fingerprint density at radius 2 is 1.93 bits per heavy atom. The number of pyridine rings is 1. The van der Waals surface area contributed by atoms with Gasteiger partial charge in [-0.1, -0.05) is 18.2 Å². The van der Waals surface area contributed by atoms with E-state index in [9.17, 15) is 9.18 Å². The molecule has 0 atom stereocenters. The Kier molecular flexibility index (Phi) is 5.98. The van der Waals surface area contributed by atoms with Gasteiger partial charge in [0, 0.05) is 43.1 Å². The Morgan fingerprint density at radius 3 is 2.70 bits per heavy atom. The van der Waals surface area contributed by atoms with Gasteiger partial charge in [-0.3, -0.25) is 4.98 Å². The summed E-state index contributed by atoms with van der Waals surface area (Å²) >= 11 is 0. The molecule has 1 N–H and O–H groups in total. The van der Waals surface area contributed by atoms with Crippen LogP contribution in [0.5, 0.6) is 0 Å². The second-order valence-electron chi connectivity index (χ2n) is 6.72. The second-order valence-corrected chi connectivity index (χ2v) is 6.72. The summed E-state index contributed by atoms with van der Waals surface area (Å²) in [5.74, 6) is -0.302. The predicted octanol–water partition coefficient (Wildman–Crippen LogP) is 3.97. The van der Waals surface area contributed by atoms with Crippen molar-refractivity contribution in [3.05, 3.63) is 72.3 Å². The Balaban J connectivity index is 1.76. The van der Waals surface area contributed by atoms with E-state index >= 15 is 0 Å². The molecule has 0 aliphatic heterocycles. The van der Waals surface area contributed by atoms with Gasteiger partial charge in [-0.2, -0.15) is 0 Å². The minimum Gasteiger partial charge on any atom is -0.319 e. The highest BCUT2D eigenvalue weighted by Gasteiger charge is 2.15. The van der Waals surface area contributed by atoms with Gasteiger partial charge in [-0.05, 0) is 55.4 Å². The molecule has 0 bridgehead atoms. The molecule has 0 spiro atoms. The van der Waals surface area contributed by atoms with Crippen LogP contribution in [0.3, 0.4) is 0 Å². The topological polar surface area (TPSA) is 48.5 Å². The number of nitrogens with zero attached hydrogens (tertiary/aromatic N) is 3. The first-order chi connectivity index (χ1) is 13.0. The SMILES string of the molecule is CN(C)CCN(Cc1cccc(F)c1)C(=O)Nc1ccc2cnccc2c1. The number of carbonyl (C=O) groups excluding carboxylic acids is 1. The number of hydrogen-bond acceptors (Lipinski definition) is 3. The lowest BCUT2D eigenvalue weighted by Crippen LogP contribution is -2.39. The number of halogens is 1. The van der Waals surface area contributed by atoms with Crippen LogP contribution in [0.15, 0.2) is 60.9 Å². The van der Waals surface area contributed by atoms with E-state index in [1.165, 1.54) is 12.1 Å². The molecular formula is C21H23FN4O. The summed E-state index contributed by atoms with van der Waals surface area (Å²) in [6.45, 7) is 1.59. The van der Waals surface area contributed by atoms with E-state index < -0.39 is 0 Å². The van der Waals surface area contributed by atoms with E-state index in [2.05, 4.69) is 10.3 Å². The van der Waals surface area contributed by atoms with Gasteiger partial charge < -0.3 is 15.1 Å². The number of carbonyl (C=O) groups is 1. The van der Waals surface area contributed by atoms with Crippen LogP contribution in [0.1, 0.15) is 5.56 Å². The molecule has 1 heterocycles. The van der Waals surface area contributed by atoms with Crippen LogP contribution in [-0.2, 0) is 6.54 Å². The third-order valence-electron chi connectivity index (χ3n) is 4.26. The first-order valence-corrected chi connectivity index (χ1v) is 8.80. The van der Waals surface area contributed by atoms with Crippen LogP contribution < -0.4 is 5.32 Å². The normalized spacial score (nSPS) is 11.0. The fourth-order valence-corrected chi connectivity index (χ4v) is 2.79. The third kappa shape index (κ3) is 5.24. The molecule has 0 aliphatic rings. The number of hydrogen-bond donors (Lipinski definition) is 1. The van der Waals surface area contributed by atoms with Crippen LogP contribution in [0.2, 0.25) is 0 Å². The first kappa shape index (κ1) is 18.8. The van der Waals surface area contributed by atoms with E-state index in [0.717, 1.165) is 16.3 Å². The van der Waals surface area contributed by atoms with E-state index in [0.29, 0.717) is 25.3 Å². The average molecular weight is 366 g/mol. The minimum absolute atomic E-state index is 0.213. The lowest BCUT2D eigenvalue weighted by atomic mass is 10.1. The van der Waals surface area contributed by atoms with Crippen molar-refractivity contribution in [2.75, 3.05) is 32.5 Å². The zero-order valence-corrected chi connectivity index (χ0v) is 15.5. The van der Waals surface area contributed by atoms with Crippen molar-refractivity contribution < 1.29 is 9.18 Å². The summed E-state index contributed by atoms with van der Waals surface area (Å²) in [5, 5.41) is 4.97. The average Bonchev–Trinajstić information content (AvgIpc) is 2.65. The molecule has 2 amide bonds. The molecule has 3 aromatic rings. The Bertz CT molecular complexity index is 929. The Labute approximate surface area is 158 Å². The molecule has 3 rings (SSSR count). The lowest BCUT2D eigenvalue weighted by molar-refractivity contribution is 0.202. The minimum atomic E-state index is -0.302. The summed E-state index contributed by atoms with van der Waals surface area (Å²) in [6, 6.07) is 13.7. The summed E-state index contributed by atoms with van der Waals surface area (Å²) < 4.78 is 13.5. The van der Waals surface area contributed by atoms with E-state index in [1.807, 2.05) is 49.3 Å². The number of amides is 2. The maximum Gasteiger partial charge on any atom is 0.322 e. The predicted molar refractivity (Wildman–Crippen MR) is 106 cm³/mol. The van der Waals surface area contributed by atoms with Gasteiger partial charge >= 0.3 is 6.03 Å². The van der Waals surface area contributed by atoms with Crippen molar-refractivity contribution in [2.45, 2.75) is 6.54 Å². The number of nitrogens with one attached hydrogen (secondary N) is 1. The Morgan fingerprint density at radius 1 is 1.07 bits per heavy atom. The van der Waals surface area contributed by atoms with Gasteiger partial charge in [0.25, 0.3) is 0 Å². The quantitative estimate of drug-likeness (QED) is 0.718. The third-order valence-corrected chi connectivity index (χ3v) is 4.26. The van der Waals surface area contributed by atoms with Crippen LogP contribution >= 0.6 is 0 Å². The maximum atomic E-state index is 13.5. The van der Waals surface area contributed by atoms with Gasteiger partial charge in [-0.25, -0.2) is 9.18 Å². The molecule has 2 aromatic carbocycles. The van der Waals surface area contributed by atoms with Crippen LogP contribution in [0.4, 0.5) is 14.9 Å². The first-order valence-electron chi connectivity index (χ1n) is 8.80. The number of benzene rings is 2. The van der Waals surface area contributed by atoms with Crippen LogP contribution in [0.25, 0.3) is 10.8 Å². The summed E-state index contributed by atoms with van der Waals surface area (Å²) in [6.07, 6.45) is 3.51. The fraction of sp³-hybridized carbons (Fsp3) is 0.238. The number of anilines is 1. The van der Waals surface area contributed by atoms with Gasteiger partial charge in [0.15, 0.2) is 0 Å². The zero-order valence-electron chi connectivity index (χ0n) is 15.5. The monoisotopic (exact) mass is 366 g/mol. The highest BCUT2D eigenvalue weighted by Crippen LogP contribution is 2.18. The molecule has 0 fully saturated rings. The van der Waals surface area contributed by atoms with Crippen LogP contribution in [0, 0.1) is 5.82 Å². The van der Waals surface area contributed by atoms with Crippen molar-refractivity contribution in [2.24, 2.45) is 0 Å². The molecular weight excluding hydrogens is 343 g/mol. The molecule has 140 valence electrons. The summed E-state index contributed by atoms with van der Waals surface area (Å²) in [5.41, 5.74) is 1.47. The summed E-state index contributed by atoms with van der Waals surface area (Å²) in [4.78, 5) is 20.6. The highest BCUT2D eigenvalue weighted by molar-refractivity contribution is 5.93. The molecule has 0 saturated heterocycles. The molecule has 0 radical (unpaired) electrons. The number of fused-ring (bicyclic) bond motifs is 1. The number of rotatable bonds is 6. The van der Waals surface area contributed by atoms with Crippen molar-refractivity contribution in [1.29, 1.82) is 0 Å². The van der Waals surface area contributed by atoms with Gasteiger partial charge in [0.2, 0.25) is 0 Å². The number of aromatic nitrogens is 1. The largest absolute Gasteiger partial charge is 0.322 e. The van der Waals surface area contributed by atoms with E-state index in [1.54, 1.807) is 23.4 Å².